The molecule has 0 saturated heterocycles. The fraction of sp³-hybridized carbons (Fsp3) is 0.316. The number of hydrogen-bond donors (Lipinski definition) is 1. The molecule has 9 nitrogen and oxygen atoms in total. The summed E-state index contributed by atoms with van der Waals surface area (Å²) in [5.41, 5.74) is 2.18. The van der Waals surface area contributed by atoms with E-state index in [1.807, 2.05) is 44.2 Å². The minimum atomic E-state index is -0.208. The highest BCUT2D eigenvalue weighted by Gasteiger charge is 2.14. The number of nitrogens with zero attached hydrogens (tertiary/aromatic N) is 6. The second kappa shape index (κ2) is 7.26. The molecule has 0 fully saturated rings. The molecule has 1 aromatic carbocycles. The van der Waals surface area contributed by atoms with E-state index in [0.29, 0.717) is 18.7 Å². The zero-order valence-corrected chi connectivity index (χ0v) is 15.7. The second-order valence-corrected chi connectivity index (χ2v) is 6.83. The van der Waals surface area contributed by atoms with E-state index in [2.05, 4.69) is 20.5 Å². The lowest BCUT2D eigenvalue weighted by Crippen LogP contribution is -2.32. The number of rotatable bonds is 6. The molecule has 0 aliphatic rings. The quantitative estimate of drug-likeness (QED) is 0.545. The number of benzene rings is 1. The molecule has 0 bridgehead atoms. The molecule has 9 heteroatoms. The molecule has 0 spiro atoms. The van der Waals surface area contributed by atoms with Crippen LogP contribution in [0, 0.1) is 6.92 Å². The fourth-order valence-electron chi connectivity index (χ4n) is 3.32. The molecule has 1 amide bonds. The van der Waals surface area contributed by atoms with Crippen molar-refractivity contribution in [1.29, 1.82) is 0 Å². The van der Waals surface area contributed by atoms with E-state index in [-0.39, 0.29) is 24.1 Å². The molecule has 4 rings (SSSR count). The number of amides is 1. The number of hydrogen-bond acceptors (Lipinski definition) is 5. The SMILES string of the molecule is Cc1cc2ccccc2n2c(=O)n(CCNC(=O)CC(C)n3cncn3)nc12. The third-order valence-corrected chi connectivity index (χ3v) is 4.76. The first kappa shape index (κ1) is 17.9. The molecule has 0 saturated carbocycles. The van der Waals surface area contributed by atoms with Crippen LogP contribution in [0.3, 0.4) is 0 Å². The molecule has 28 heavy (non-hydrogen) atoms. The van der Waals surface area contributed by atoms with Crippen LogP contribution < -0.4 is 11.0 Å². The Morgan fingerprint density at radius 3 is 2.89 bits per heavy atom. The van der Waals surface area contributed by atoms with E-state index in [1.54, 1.807) is 15.4 Å². The van der Waals surface area contributed by atoms with Crippen molar-refractivity contribution in [2.24, 2.45) is 0 Å². The van der Waals surface area contributed by atoms with Crippen LogP contribution in [0.25, 0.3) is 16.6 Å². The van der Waals surface area contributed by atoms with Crippen molar-refractivity contribution in [3.63, 3.8) is 0 Å². The van der Waals surface area contributed by atoms with Gasteiger partial charge < -0.3 is 5.32 Å². The van der Waals surface area contributed by atoms with Gasteiger partial charge in [-0.05, 0) is 36.9 Å². The monoisotopic (exact) mass is 379 g/mol. The van der Waals surface area contributed by atoms with E-state index in [9.17, 15) is 9.59 Å². The van der Waals surface area contributed by atoms with E-state index in [4.69, 9.17) is 0 Å². The van der Waals surface area contributed by atoms with Crippen molar-refractivity contribution in [3.05, 3.63) is 59.0 Å². The predicted molar refractivity (Wildman–Crippen MR) is 104 cm³/mol. The molecule has 3 heterocycles. The molecule has 1 atom stereocenters. The normalized spacial score (nSPS) is 12.5. The summed E-state index contributed by atoms with van der Waals surface area (Å²) in [4.78, 5) is 28.9. The summed E-state index contributed by atoms with van der Waals surface area (Å²) in [5.74, 6) is -0.110. The van der Waals surface area contributed by atoms with Crippen molar-refractivity contribution < 1.29 is 4.79 Å². The van der Waals surface area contributed by atoms with Gasteiger partial charge in [0.2, 0.25) is 5.91 Å². The van der Waals surface area contributed by atoms with Gasteiger partial charge in [0.05, 0.1) is 18.1 Å². The van der Waals surface area contributed by atoms with Crippen LogP contribution in [-0.4, -0.2) is 41.4 Å². The summed E-state index contributed by atoms with van der Waals surface area (Å²) in [6, 6.07) is 9.66. The number of pyridine rings is 1. The summed E-state index contributed by atoms with van der Waals surface area (Å²) in [6.07, 6.45) is 3.31. The second-order valence-electron chi connectivity index (χ2n) is 6.83. The van der Waals surface area contributed by atoms with Crippen LogP contribution in [0.15, 0.2) is 47.8 Å². The molecule has 4 aromatic rings. The van der Waals surface area contributed by atoms with Gasteiger partial charge in [-0.3, -0.25) is 4.79 Å². The van der Waals surface area contributed by atoms with Gasteiger partial charge in [-0.2, -0.15) is 5.10 Å². The molecule has 3 aromatic heterocycles. The Bertz CT molecular complexity index is 1190. The van der Waals surface area contributed by atoms with Crippen molar-refractivity contribution in [2.75, 3.05) is 6.54 Å². The smallest absolute Gasteiger partial charge is 0.350 e. The topological polar surface area (TPSA) is 99.1 Å². The number of carbonyl (C=O) groups excluding carboxylic acids is 1. The third kappa shape index (κ3) is 3.26. The van der Waals surface area contributed by atoms with Crippen molar-refractivity contribution >= 4 is 22.5 Å². The van der Waals surface area contributed by atoms with Crippen LogP contribution in [-0.2, 0) is 11.3 Å². The van der Waals surface area contributed by atoms with Gasteiger partial charge in [0.1, 0.15) is 12.7 Å². The molecule has 0 aliphatic heterocycles. The van der Waals surface area contributed by atoms with Gasteiger partial charge in [0.15, 0.2) is 5.65 Å². The zero-order chi connectivity index (χ0) is 19.7. The van der Waals surface area contributed by atoms with E-state index >= 15 is 0 Å². The lowest BCUT2D eigenvalue weighted by molar-refractivity contribution is -0.121. The Balaban J connectivity index is 1.47. The highest BCUT2D eigenvalue weighted by atomic mass is 16.2. The number of aryl methyl sites for hydroxylation is 1. The van der Waals surface area contributed by atoms with Gasteiger partial charge in [0.25, 0.3) is 0 Å². The largest absolute Gasteiger partial charge is 0.354 e. The van der Waals surface area contributed by atoms with Gasteiger partial charge >= 0.3 is 5.69 Å². The first-order chi connectivity index (χ1) is 13.5. The average Bonchev–Trinajstić information content (AvgIpc) is 3.31. The Hall–Kier alpha value is -3.49. The maximum Gasteiger partial charge on any atom is 0.350 e. The van der Waals surface area contributed by atoms with E-state index in [0.717, 1.165) is 16.5 Å². The highest BCUT2D eigenvalue weighted by molar-refractivity contribution is 5.83. The minimum absolute atomic E-state index is 0.0885. The van der Waals surface area contributed by atoms with Crippen LogP contribution in [0.4, 0.5) is 0 Å². The first-order valence-corrected chi connectivity index (χ1v) is 9.13. The molecule has 1 N–H and O–H groups in total. The number of aromatic nitrogens is 6. The Kier molecular flexibility index (Phi) is 4.64. The molecule has 1 unspecified atom stereocenters. The summed E-state index contributed by atoms with van der Waals surface area (Å²) < 4.78 is 4.66. The van der Waals surface area contributed by atoms with Gasteiger partial charge in [0, 0.05) is 13.0 Å². The van der Waals surface area contributed by atoms with Gasteiger partial charge in [-0.15, -0.1) is 5.10 Å². The van der Waals surface area contributed by atoms with Crippen LogP contribution in [0.1, 0.15) is 24.9 Å². The summed E-state index contributed by atoms with van der Waals surface area (Å²) in [7, 11) is 0. The Morgan fingerprint density at radius 2 is 2.11 bits per heavy atom. The standard InChI is InChI=1S/C19H21N7O2/c1-13-9-15-5-3-4-6-16(15)26-18(13)23-24(19(26)28)8-7-21-17(27)10-14(2)25-12-20-11-22-25/h3-6,9,11-12,14H,7-8,10H2,1-2H3,(H,21,27). The van der Waals surface area contributed by atoms with Crippen LogP contribution in [0.2, 0.25) is 0 Å². The maximum absolute atomic E-state index is 12.8. The average molecular weight is 379 g/mol. The maximum atomic E-state index is 12.8. The lowest BCUT2D eigenvalue weighted by Gasteiger charge is -2.11. The van der Waals surface area contributed by atoms with Gasteiger partial charge in [-0.1, -0.05) is 18.2 Å². The first-order valence-electron chi connectivity index (χ1n) is 9.13. The fourth-order valence-corrected chi connectivity index (χ4v) is 3.32. The minimum Gasteiger partial charge on any atom is -0.354 e. The number of nitrogens with one attached hydrogen (secondary N) is 1. The molecular formula is C19H21N7O2. The number of carbonyl (C=O) groups is 1. The molecule has 0 radical (unpaired) electrons. The summed E-state index contributed by atoms with van der Waals surface area (Å²) >= 11 is 0. The van der Waals surface area contributed by atoms with Crippen LogP contribution in [0.5, 0.6) is 0 Å². The van der Waals surface area contributed by atoms with Crippen molar-refractivity contribution in [2.45, 2.75) is 32.9 Å². The number of para-hydroxylation sites is 1. The summed E-state index contributed by atoms with van der Waals surface area (Å²) in [5, 5.41) is 12.3. The Morgan fingerprint density at radius 1 is 1.29 bits per heavy atom. The highest BCUT2D eigenvalue weighted by Crippen LogP contribution is 2.17. The predicted octanol–water partition coefficient (Wildman–Crippen LogP) is 1.32. The molecule has 0 aliphatic carbocycles. The van der Waals surface area contributed by atoms with Gasteiger partial charge in [-0.25, -0.2) is 23.5 Å². The van der Waals surface area contributed by atoms with Crippen molar-refractivity contribution in [3.8, 4) is 0 Å². The Labute approximate surface area is 160 Å². The van der Waals surface area contributed by atoms with Crippen molar-refractivity contribution in [1.82, 2.24) is 34.3 Å². The van der Waals surface area contributed by atoms with Crippen LogP contribution >= 0.6 is 0 Å². The zero-order valence-electron chi connectivity index (χ0n) is 15.7. The van der Waals surface area contributed by atoms with E-state index < -0.39 is 0 Å². The summed E-state index contributed by atoms with van der Waals surface area (Å²) in [6.45, 7) is 4.46. The number of fused-ring (bicyclic) bond motifs is 3. The van der Waals surface area contributed by atoms with E-state index in [1.165, 1.54) is 11.0 Å². The lowest BCUT2D eigenvalue weighted by atomic mass is 10.1. The molecular weight excluding hydrogens is 358 g/mol. The third-order valence-electron chi connectivity index (χ3n) is 4.76. The molecule has 144 valence electrons.